The zero-order valence-electron chi connectivity index (χ0n) is 73.8. The molecule has 0 N–H and O–H groups in total. The highest BCUT2D eigenvalue weighted by atomic mass is 79.9. The monoisotopic (exact) mass is 1730 g/mol. The third-order valence-corrected chi connectivity index (χ3v) is 30.5. The number of halogens is 1. The first-order valence-corrected chi connectivity index (χ1v) is 46.3. The van der Waals surface area contributed by atoms with E-state index in [1.54, 1.807) is 0 Å². The standard InChI is InChI=1S/C59H39N.C41H27Br.C24H24BNO2/c1-59(2)53-33-37(28-30-43(53)51-34-49-41-20-8-6-18-39(41)40-19-7-9-21-42(40)50(49)35-54(51)59)58-47-25-12-10-23-45(47)57(46-24-11-13-26-48(46)58)36-29-31-56-52(32-36)44-22-14-15-27-55(44)60(56)38-16-4-3-5-17-38;1-41(2)37-21-24(39-30-15-7-9-17-32(30)40(42)33-18-10-8-16-31(33)39)19-20-29(37)36-22-34-27-13-5-3-11-25(27)26-12-4-6-14-28(26)35(34)23-38(36)41;1-23(2)24(3,4)28-25(27-23)17-14-15-22-20(16-17)19-12-8-9-13-21(19)26(22)18-10-6-5-7-11-18/h3-35H,1-2H3;3-23H,1-2H3;5-16H,1-4H3. The molecule has 0 radical (unpaired) electrons. The van der Waals surface area contributed by atoms with Gasteiger partial charge >= 0.3 is 7.12 Å². The average Bonchev–Trinajstić information content (AvgIpc) is 1.53. The lowest BCUT2D eigenvalue weighted by molar-refractivity contribution is 0.00578. The quantitative estimate of drug-likeness (QED) is 0.0943. The lowest BCUT2D eigenvalue weighted by atomic mass is 9.78. The lowest BCUT2D eigenvalue weighted by Crippen LogP contribution is -2.41. The predicted octanol–water partition coefficient (Wildman–Crippen LogP) is 33.5. The second kappa shape index (κ2) is 29.3. The minimum atomic E-state index is -0.353. The largest absolute Gasteiger partial charge is 0.494 e. The van der Waals surface area contributed by atoms with E-state index in [1.807, 2.05) is 6.07 Å². The molecule has 4 nitrogen and oxygen atoms in total. The molecule has 24 aromatic rings. The van der Waals surface area contributed by atoms with Crippen LogP contribution in [0.5, 0.6) is 0 Å². The van der Waals surface area contributed by atoms with Gasteiger partial charge in [0.05, 0.1) is 33.3 Å². The van der Waals surface area contributed by atoms with Gasteiger partial charge in [0.25, 0.3) is 0 Å². The number of nitrogens with zero attached hydrogens (tertiary/aromatic N) is 2. The van der Waals surface area contributed by atoms with E-state index < -0.39 is 0 Å². The van der Waals surface area contributed by atoms with Gasteiger partial charge in [-0.05, 0) is 326 Å². The summed E-state index contributed by atoms with van der Waals surface area (Å²) in [5, 5.41) is 31.0. The fourth-order valence-electron chi connectivity index (χ4n) is 22.7. The maximum atomic E-state index is 6.27. The molecule has 130 heavy (non-hydrogen) atoms. The van der Waals surface area contributed by atoms with E-state index in [1.165, 1.54) is 235 Å². The molecular formula is C124H90BBrN2O2. The molecule has 0 bridgehead atoms. The van der Waals surface area contributed by atoms with Gasteiger partial charge in [-0.1, -0.05) is 337 Å². The molecule has 1 saturated heterocycles. The van der Waals surface area contributed by atoms with Crippen LogP contribution in [0.3, 0.4) is 0 Å². The van der Waals surface area contributed by atoms with E-state index in [0.29, 0.717) is 0 Å². The van der Waals surface area contributed by atoms with E-state index in [0.717, 1.165) is 15.6 Å². The van der Waals surface area contributed by atoms with Crippen molar-refractivity contribution in [2.45, 2.75) is 77.4 Å². The fourth-order valence-corrected chi connectivity index (χ4v) is 23.4. The summed E-state index contributed by atoms with van der Waals surface area (Å²) < 4.78 is 18.4. The van der Waals surface area contributed by atoms with Crippen molar-refractivity contribution >= 4 is 180 Å². The van der Waals surface area contributed by atoms with Gasteiger partial charge in [0, 0.05) is 48.2 Å². The van der Waals surface area contributed by atoms with Gasteiger partial charge in [0.2, 0.25) is 0 Å². The highest BCUT2D eigenvalue weighted by Crippen LogP contribution is 2.57. The third-order valence-electron chi connectivity index (χ3n) is 29.7. The van der Waals surface area contributed by atoms with Gasteiger partial charge in [0.15, 0.2) is 0 Å². The van der Waals surface area contributed by atoms with Crippen molar-refractivity contribution < 1.29 is 9.31 Å². The normalized spacial score (nSPS) is 14.5. The SMILES string of the molecule is CC1(C)OB(c2ccc3c(c2)c2ccccc2n3-c2ccccc2)OC1(C)C.CC1(C)c2cc(-c3c4ccccc4c(-c4ccc5c(c4)c4ccccc4n5-c4ccccc4)c4ccccc34)ccc2-c2cc3c4ccccc4c4ccccc4c3cc21.CC1(C)c2cc(-c3c4ccccc4c(Br)c4ccccc34)ccc2-c2cc3c4ccccc4c4ccccc4c3cc21. The maximum Gasteiger partial charge on any atom is 0.494 e. The maximum absolute atomic E-state index is 6.27. The Balaban J connectivity index is 0.000000113. The van der Waals surface area contributed by atoms with Gasteiger partial charge in [-0.3, -0.25) is 0 Å². The number of rotatable bonds is 6. The van der Waals surface area contributed by atoms with E-state index in [-0.39, 0.29) is 29.2 Å². The number of benzene rings is 22. The van der Waals surface area contributed by atoms with Crippen LogP contribution in [0.1, 0.15) is 77.6 Å². The molecular weight excluding hydrogens is 1640 g/mol. The number of aromatic nitrogens is 2. The zero-order valence-corrected chi connectivity index (χ0v) is 75.4. The van der Waals surface area contributed by atoms with Crippen LogP contribution in [0.15, 0.2) is 405 Å². The van der Waals surface area contributed by atoms with Gasteiger partial charge in [-0.25, -0.2) is 0 Å². The molecule has 0 spiro atoms. The molecule has 1 fully saturated rings. The Hall–Kier alpha value is -14.5. The molecule has 0 unspecified atom stereocenters. The lowest BCUT2D eigenvalue weighted by Gasteiger charge is -2.32. The van der Waals surface area contributed by atoms with Crippen LogP contribution in [0.25, 0.3) is 218 Å². The first kappa shape index (κ1) is 77.8. The van der Waals surface area contributed by atoms with E-state index in [2.05, 4.69) is 475 Å². The van der Waals surface area contributed by atoms with Crippen molar-refractivity contribution in [1.82, 2.24) is 9.13 Å². The zero-order chi connectivity index (χ0) is 87.4. The Bertz CT molecular complexity index is 8830. The Labute approximate surface area is 764 Å². The highest BCUT2D eigenvalue weighted by Gasteiger charge is 2.52. The molecule has 2 aliphatic carbocycles. The summed E-state index contributed by atoms with van der Waals surface area (Å²) >= 11 is 3.93. The van der Waals surface area contributed by atoms with Crippen LogP contribution in [0.2, 0.25) is 0 Å². The number of fused-ring (bicyclic) bond motifs is 28. The van der Waals surface area contributed by atoms with E-state index in [4.69, 9.17) is 9.31 Å². The first-order chi connectivity index (χ1) is 63.4. The van der Waals surface area contributed by atoms with Crippen LogP contribution in [0.4, 0.5) is 0 Å². The molecule has 3 aliphatic rings. The van der Waals surface area contributed by atoms with Crippen LogP contribution in [-0.4, -0.2) is 27.5 Å². The molecule has 6 heteroatoms. The molecule has 0 atom stereocenters. The molecule has 0 saturated carbocycles. The first-order valence-electron chi connectivity index (χ1n) is 45.6. The molecule has 27 rings (SSSR count). The summed E-state index contributed by atoms with van der Waals surface area (Å²) in [4.78, 5) is 0. The molecule has 0 amide bonds. The number of para-hydroxylation sites is 4. The van der Waals surface area contributed by atoms with Crippen molar-refractivity contribution in [3.05, 3.63) is 427 Å². The molecule has 1 aliphatic heterocycles. The molecule has 2 aromatic heterocycles. The summed E-state index contributed by atoms with van der Waals surface area (Å²) in [5.41, 5.74) is 25.9. The third kappa shape index (κ3) is 11.7. The smallest absolute Gasteiger partial charge is 0.399 e. The number of hydrogen-bond donors (Lipinski definition) is 0. The summed E-state index contributed by atoms with van der Waals surface area (Å²) in [6.45, 7) is 18.0. The molecule has 618 valence electrons. The summed E-state index contributed by atoms with van der Waals surface area (Å²) in [6.07, 6.45) is 0. The van der Waals surface area contributed by atoms with Gasteiger partial charge in [-0.2, -0.15) is 0 Å². The van der Waals surface area contributed by atoms with Gasteiger partial charge in [-0.15, -0.1) is 0 Å². The average molecular weight is 1730 g/mol. The van der Waals surface area contributed by atoms with Crippen molar-refractivity contribution in [2.24, 2.45) is 0 Å². The summed E-state index contributed by atoms with van der Waals surface area (Å²) in [5.74, 6) is 0. The van der Waals surface area contributed by atoms with E-state index >= 15 is 0 Å². The Morgan fingerprint density at radius 3 is 0.838 bits per heavy atom. The molecule has 22 aromatic carbocycles. The highest BCUT2D eigenvalue weighted by molar-refractivity contribution is 9.10. The second-order valence-corrected chi connectivity index (χ2v) is 38.7. The minimum absolute atomic E-state index is 0.122. The second-order valence-electron chi connectivity index (χ2n) is 37.9. The Kier molecular flexibility index (Phi) is 17.5. The Morgan fingerprint density at radius 2 is 0.469 bits per heavy atom. The Morgan fingerprint density at radius 1 is 0.208 bits per heavy atom. The van der Waals surface area contributed by atoms with Crippen molar-refractivity contribution in [3.63, 3.8) is 0 Å². The van der Waals surface area contributed by atoms with Crippen molar-refractivity contribution in [2.75, 3.05) is 0 Å². The van der Waals surface area contributed by atoms with Gasteiger partial charge < -0.3 is 18.4 Å². The predicted molar refractivity (Wildman–Crippen MR) is 558 cm³/mol. The van der Waals surface area contributed by atoms with Crippen molar-refractivity contribution in [1.29, 1.82) is 0 Å². The minimum Gasteiger partial charge on any atom is -0.399 e. The topological polar surface area (TPSA) is 28.3 Å². The number of hydrogen-bond acceptors (Lipinski definition) is 2. The van der Waals surface area contributed by atoms with E-state index in [9.17, 15) is 0 Å². The van der Waals surface area contributed by atoms with Crippen LogP contribution >= 0.6 is 15.9 Å². The van der Waals surface area contributed by atoms with Crippen molar-refractivity contribution in [3.8, 4) is 67.0 Å². The summed E-state index contributed by atoms with van der Waals surface area (Å²) in [6, 6.07) is 148. The van der Waals surface area contributed by atoms with Gasteiger partial charge in [0.1, 0.15) is 0 Å². The van der Waals surface area contributed by atoms with Crippen LogP contribution in [0, 0.1) is 0 Å². The summed E-state index contributed by atoms with van der Waals surface area (Å²) in [7, 11) is -0.353. The fraction of sp³-hybridized carbons (Fsp3) is 0.0968. The van der Waals surface area contributed by atoms with Crippen LogP contribution < -0.4 is 5.46 Å². The molecule has 3 heterocycles. The van der Waals surface area contributed by atoms with Crippen LogP contribution in [-0.2, 0) is 20.1 Å².